The molecule has 3 nitrogen and oxygen atoms in total. The molecule has 0 spiro atoms. The van der Waals surface area contributed by atoms with Crippen molar-refractivity contribution in [2.75, 3.05) is 13.2 Å². The number of fused-ring (bicyclic) bond motifs is 2. The lowest BCUT2D eigenvalue weighted by atomic mass is 9.94. The van der Waals surface area contributed by atoms with Crippen LogP contribution in [0.15, 0.2) is 4.47 Å². The van der Waals surface area contributed by atoms with Crippen molar-refractivity contribution < 1.29 is 9.47 Å². The minimum atomic E-state index is 0.0178. The summed E-state index contributed by atoms with van der Waals surface area (Å²) in [5, 5.41) is 0. The van der Waals surface area contributed by atoms with E-state index >= 15 is 0 Å². The van der Waals surface area contributed by atoms with Gasteiger partial charge in [-0.05, 0) is 35.2 Å². The van der Waals surface area contributed by atoms with Crippen LogP contribution in [0.4, 0.5) is 0 Å². The Bertz CT molecular complexity index is 502. The molecule has 0 amide bonds. The Kier molecular flexibility index (Phi) is 2.25. The lowest BCUT2D eigenvalue weighted by Crippen LogP contribution is -2.25. The van der Waals surface area contributed by atoms with Crippen molar-refractivity contribution in [1.82, 2.24) is 0 Å². The Morgan fingerprint density at radius 1 is 1.06 bits per heavy atom. The molecule has 1 aromatic carbocycles. The van der Waals surface area contributed by atoms with Gasteiger partial charge in [-0.3, -0.25) is 0 Å². The van der Waals surface area contributed by atoms with Crippen LogP contribution in [0.1, 0.15) is 29.5 Å². The molecule has 18 heavy (non-hydrogen) atoms. The number of halogens is 1. The van der Waals surface area contributed by atoms with Crippen LogP contribution in [-0.2, 0) is 19.3 Å². The number of ether oxygens (including phenoxy) is 2. The minimum Gasteiger partial charge on any atom is -0.493 e. The molecule has 1 aromatic rings. The molecule has 0 aromatic heterocycles. The summed E-state index contributed by atoms with van der Waals surface area (Å²) in [5.41, 5.74) is 10.2. The van der Waals surface area contributed by atoms with Crippen molar-refractivity contribution in [1.29, 1.82) is 0 Å². The van der Waals surface area contributed by atoms with Gasteiger partial charge in [0.15, 0.2) is 0 Å². The van der Waals surface area contributed by atoms with Crippen molar-refractivity contribution in [3.63, 3.8) is 0 Å². The fourth-order valence-electron chi connectivity index (χ4n) is 3.02. The van der Waals surface area contributed by atoms with Crippen LogP contribution in [-0.4, -0.2) is 18.8 Å². The Labute approximate surface area is 115 Å². The van der Waals surface area contributed by atoms with Gasteiger partial charge in [-0.25, -0.2) is 0 Å². The number of rotatable bonds is 2. The van der Waals surface area contributed by atoms with Gasteiger partial charge in [0.25, 0.3) is 0 Å². The molecule has 96 valence electrons. The van der Waals surface area contributed by atoms with Crippen LogP contribution < -0.4 is 15.2 Å². The SMILES string of the molecule is NC1(Cc2c3c(c(Br)c4c2OCC4)OCC3)CC1. The first-order chi connectivity index (χ1) is 8.68. The minimum absolute atomic E-state index is 0.0178. The maximum Gasteiger partial charge on any atom is 0.137 e. The molecule has 4 rings (SSSR count). The molecule has 4 heteroatoms. The molecule has 1 fully saturated rings. The molecule has 0 atom stereocenters. The number of hydrogen-bond donors (Lipinski definition) is 1. The van der Waals surface area contributed by atoms with E-state index in [0.29, 0.717) is 0 Å². The van der Waals surface area contributed by atoms with E-state index in [1.807, 2.05) is 0 Å². The van der Waals surface area contributed by atoms with Gasteiger partial charge in [0.05, 0.1) is 17.7 Å². The quantitative estimate of drug-likeness (QED) is 0.912. The van der Waals surface area contributed by atoms with Crippen LogP contribution in [0.25, 0.3) is 0 Å². The highest BCUT2D eigenvalue weighted by Crippen LogP contribution is 2.49. The van der Waals surface area contributed by atoms with Crippen molar-refractivity contribution in [2.24, 2.45) is 5.73 Å². The molecule has 1 aliphatic carbocycles. The van der Waals surface area contributed by atoms with E-state index in [1.165, 1.54) is 16.7 Å². The summed E-state index contributed by atoms with van der Waals surface area (Å²) in [6.45, 7) is 1.56. The number of hydrogen-bond acceptors (Lipinski definition) is 3. The summed E-state index contributed by atoms with van der Waals surface area (Å²) < 4.78 is 12.8. The second-order valence-corrected chi connectivity index (χ2v) is 6.44. The molecule has 0 radical (unpaired) electrons. The molecule has 2 heterocycles. The summed E-state index contributed by atoms with van der Waals surface area (Å²) >= 11 is 3.68. The molecule has 0 bridgehead atoms. The van der Waals surface area contributed by atoms with Crippen molar-refractivity contribution in [3.05, 3.63) is 21.2 Å². The van der Waals surface area contributed by atoms with Crippen molar-refractivity contribution in [2.45, 2.75) is 37.6 Å². The van der Waals surface area contributed by atoms with Crippen molar-refractivity contribution >= 4 is 15.9 Å². The second kappa shape index (κ2) is 3.64. The lowest BCUT2D eigenvalue weighted by molar-refractivity contribution is 0.351. The average Bonchev–Trinajstić information content (AvgIpc) is 2.87. The summed E-state index contributed by atoms with van der Waals surface area (Å²) in [5.74, 6) is 2.13. The first-order valence-electron chi connectivity index (χ1n) is 6.58. The second-order valence-electron chi connectivity index (χ2n) is 5.64. The highest BCUT2D eigenvalue weighted by molar-refractivity contribution is 9.10. The third kappa shape index (κ3) is 1.51. The average molecular weight is 310 g/mol. The fourth-order valence-corrected chi connectivity index (χ4v) is 3.76. The van der Waals surface area contributed by atoms with Gasteiger partial charge in [0.1, 0.15) is 11.5 Å². The molecule has 3 aliphatic rings. The smallest absolute Gasteiger partial charge is 0.137 e. The normalized spacial score (nSPS) is 22.1. The van der Waals surface area contributed by atoms with Crippen LogP contribution in [0.5, 0.6) is 11.5 Å². The van der Waals surface area contributed by atoms with E-state index in [4.69, 9.17) is 15.2 Å². The predicted molar refractivity (Wildman–Crippen MR) is 72.4 cm³/mol. The molecule has 2 N–H and O–H groups in total. The first-order valence-corrected chi connectivity index (χ1v) is 7.38. The van der Waals surface area contributed by atoms with Gasteiger partial charge in [0, 0.05) is 35.1 Å². The summed E-state index contributed by atoms with van der Waals surface area (Å²) in [7, 11) is 0. The van der Waals surface area contributed by atoms with E-state index in [9.17, 15) is 0 Å². The van der Waals surface area contributed by atoms with E-state index < -0.39 is 0 Å². The molecular weight excluding hydrogens is 294 g/mol. The maximum absolute atomic E-state index is 6.30. The summed E-state index contributed by atoms with van der Waals surface area (Å²) in [6.07, 6.45) is 5.16. The van der Waals surface area contributed by atoms with Crippen LogP contribution in [0, 0.1) is 0 Å². The van der Waals surface area contributed by atoms with E-state index in [-0.39, 0.29) is 5.54 Å². The zero-order valence-corrected chi connectivity index (χ0v) is 11.8. The zero-order valence-electron chi connectivity index (χ0n) is 10.2. The van der Waals surface area contributed by atoms with Gasteiger partial charge in [-0.1, -0.05) is 0 Å². The Hall–Kier alpha value is -0.740. The largest absolute Gasteiger partial charge is 0.493 e. The molecule has 0 unspecified atom stereocenters. The van der Waals surface area contributed by atoms with Gasteiger partial charge in [0.2, 0.25) is 0 Å². The van der Waals surface area contributed by atoms with Gasteiger partial charge in [-0.2, -0.15) is 0 Å². The molecule has 0 saturated heterocycles. The van der Waals surface area contributed by atoms with E-state index in [0.717, 1.165) is 61.3 Å². The summed E-state index contributed by atoms with van der Waals surface area (Å²) in [4.78, 5) is 0. The first kappa shape index (κ1) is 11.1. The fraction of sp³-hybridized carbons (Fsp3) is 0.571. The van der Waals surface area contributed by atoms with Gasteiger partial charge in [-0.15, -0.1) is 0 Å². The van der Waals surface area contributed by atoms with E-state index in [2.05, 4.69) is 15.9 Å². The Morgan fingerprint density at radius 3 is 2.44 bits per heavy atom. The zero-order chi connectivity index (χ0) is 12.3. The Balaban J connectivity index is 1.90. The lowest BCUT2D eigenvalue weighted by Gasteiger charge is -2.17. The van der Waals surface area contributed by atoms with Crippen molar-refractivity contribution in [3.8, 4) is 11.5 Å². The third-order valence-electron chi connectivity index (χ3n) is 4.27. The van der Waals surface area contributed by atoms with E-state index in [1.54, 1.807) is 0 Å². The number of benzene rings is 1. The van der Waals surface area contributed by atoms with Crippen LogP contribution in [0.3, 0.4) is 0 Å². The molecular formula is C14H16BrNO2. The van der Waals surface area contributed by atoms with Crippen LogP contribution in [0.2, 0.25) is 0 Å². The standard InChI is InChI=1S/C14H16BrNO2/c15-11-9-2-6-17-12(9)10(7-14(16)3-4-14)8-1-5-18-13(8)11/h1-7,16H2. The third-order valence-corrected chi connectivity index (χ3v) is 5.11. The van der Waals surface area contributed by atoms with Gasteiger partial charge >= 0.3 is 0 Å². The van der Waals surface area contributed by atoms with Crippen LogP contribution >= 0.6 is 15.9 Å². The van der Waals surface area contributed by atoms with Gasteiger partial charge < -0.3 is 15.2 Å². The highest BCUT2D eigenvalue weighted by Gasteiger charge is 2.41. The molecule has 2 aliphatic heterocycles. The monoisotopic (exact) mass is 309 g/mol. The summed E-state index contributed by atoms with van der Waals surface area (Å²) in [6, 6.07) is 0. The topological polar surface area (TPSA) is 44.5 Å². The maximum atomic E-state index is 6.30. The highest BCUT2D eigenvalue weighted by atomic mass is 79.9. The number of nitrogens with two attached hydrogens (primary N) is 1. The predicted octanol–water partition coefficient (Wildman–Crippen LogP) is 2.35. The Morgan fingerprint density at radius 2 is 1.72 bits per heavy atom. The molecule has 1 saturated carbocycles.